The van der Waals surface area contributed by atoms with Crippen molar-refractivity contribution in [3.8, 4) is 11.5 Å². The van der Waals surface area contributed by atoms with Crippen molar-refractivity contribution >= 4 is 16.8 Å². The van der Waals surface area contributed by atoms with E-state index in [4.69, 9.17) is 24.4 Å². The molecular weight excluding hydrogens is 319 g/mol. The number of nitrogens with zero attached hydrogens (tertiary/aromatic N) is 2. The first kappa shape index (κ1) is 12.8. The zero-order valence-electron chi connectivity index (χ0n) is 12.2. The van der Waals surface area contributed by atoms with Crippen molar-refractivity contribution < 1.29 is 19.4 Å². The second-order valence-corrected chi connectivity index (χ2v) is 6.77. The van der Waals surface area contributed by atoms with Crippen LogP contribution < -0.4 is 4.90 Å². The van der Waals surface area contributed by atoms with Crippen LogP contribution in [0, 0.1) is 4.14 Å². The van der Waals surface area contributed by atoms with Crippen LogP contribution >= 0.6 is 0 Å². The second kappa shape index (κ2) is 4.66. The molecular formula is C18H16N2NiO. The molecule has 4 heteroatoms. The molecule has 0 saturated carbocycles. The van der Waals surface area contributed by atoms with Gasteiger partial charge in [0.05, 0.1) is 0 Å². The molecule has 4 aliphatic rings. The summed E-state index contributed by atoms with van der Waals surface area (Å²) in [6.07, 6.45) is 4.68. The summed E-state index contributed by atoms with van der Waals surface area (Å²) in [7, 11) is 0. The molecule has 0 aromatic heterocycles. The second-order valence-electron chi connectivity index (χ2n) is 6.20. The van der Waals surface area contributed by atoms with E-state index in [2.05, 4.69) is 11.0 Å². The molecule has 0 bridgehead atoms. The van der Waals surface area contributed by atoms with Crippen molar-refractivity contribution in [2.24, 2.45) is 0 Å². The van der Waals surface area contributed by atoms with Gasteiger partial charge in [0.15, 0.2) is 0 Å². The van der Waals surface area contributed by atoms with Crippen molar-refractivity contribution in [1.29, 1.82) is 0 Å². The van der Waals surface area contributed by atoms with Crippen molar-refractivity contribution in [1.82, 2.24) is 4.98 Å². The third-order valence-electron chi connectivity index (χ3n) is 4.81. The van der Waals surface area contributed by atoms with E-state index in [1.54, 1.807) is 0 Å². The Hall–Kier alpha value is -1.67. The molecule has 0 saturated heterocycles. The molecule has 5 rings (SSSR count). The predicted octanol–water partition coefficient (Wildman–Crippen LogP) is 3.71. The fraction of sp³-hybridized carbons (Fsp3) is 0.333. The van der Waals surface area contributed by atoms with Gasteiger partial charge < -0.3 is 0 Å². The molecule has 0 radical (unpaired) electrons. The Labute approximate surface area is 136 Å². The minimum atomic E-state index is 0.806. The Morgan fingerprint density at radius 2 is 1.95 bits per heavy atom. The number of aryl methyl sites for hydroxylation is 2. The molecule has 114 valence electrons. The molecule has 1 aromatic rings. The Kier molecular flexibility index (Phi) is 2.72. The normalized spacial score (nSPS) is 17.1. The van der Waals surface area contributed by atoms with E-state index in [0.29, 0.717) is 0 Å². The van der Waals surface area contributed by atoms with Gasteiger partial charge in [-0.1, -0.05) is 0 Å². The predicted molar refractivity (Wildman–Crippen MR) is 82.7 cm³/mol. The standard InChI is InChI=1S/C18H16N2O.Ni/c1-2-8-16-14(7-1)19-15-11-12-5-3-9-20-10-4-6-13(17(12)20)18(15)21-16;/h1,7-8,11H,3-6,9-10H2;. The monoisotopic (exact) mass is 334 g/mol. The van der Waals surface area contributed by atoms with Gasteiger partial charge >= 0.3 is 136 Å². The Balaban J connectivity index is 1.90. The summed E-state index contributed by atoms with van der Waals surface area (Å²) in [6.45, 7) is 2.34. The molecule has 0 fully saturated rings. The van der Waals surface area contributed by atoms with Crippen molar-refractivity contribution in [2.45, 2.75) is 25.7 Å². The van der Waals surface area contributed by atoms with Crippen LogP contribution in [0.2, 0.25) is 0 Å². The number of rotatable bonds is 0. The molecule has 3 aliphatic heterocycles. The first-order valence-corrected chi connectivity index (χ1v) is 8.39. The van der Waals surface area contributed by atoms with E-state index < -0.39 is 0 Å². The first-order chi connectivity index (χ1) is 10.8. The van der Waals surface area contributed by atoms with Gasteiger partial charge in [-0.25, -0.2) is 0 Å². The van der Waals surface area contributed by atoms with Crippen molar-refractivity contribution in [2.75, 3.05) is 18.0 Å². The molecule has 0 amide bonds. The fourth-order valence-electron chi connectivity index (χ4n) is 3.90. The zero-order valence-corrected chi connectivity index (χ0v) is 13.2. The Bertz CT molecular complexity index is 928. The van der Waals surface area contributed by atoms with E-state index in [1.165, 1.54) is 42.7 Å². The molecule has 0 unspecified atom stereocenters. The van der Waals surface area contributed by atoms with Gasteiger partial charge in [0, 0.05) is 0 Å². The van der Waals surface area contributed by atoms with E-state index in [0.717, 1.165) is 39.5 Å². The average Bonchev–Trinajstić information content (AvgIpc) is 2.54. The fourth-order valence-corrected chi connectivity index (χ4v) is 4.11. The van der Waals surface area contributed by atoms with E-state index in [1.807, 2.05) is 18.2 Å². The molecule has 1 aliphatic carbocycles. The third-order valence-corrected chi connectivity index (χ3v) is 5.12. The minimum absolute atomic E-state index is 0.806. The van der Waals surface area contributed by atoms with Crippen LogP contribution in [-0.4, -0.2) is 18.1 Å². The molecule has 3 nitrogen and oxygen atoms in total. The van der Waals surface area contributed by atoms with Crippen LogP contribution in [0.5, 0.6) is 0 Å². The van der Waals surface area contributed by atoms with E-state index in [9.17, 15) is 0 Å². The summed E-state index contributed by atoms with van der Waals surface area (Å²) < 4.78 is 7.09. The van der Waals surface area contributed by atoms with Crippen LogP contribution in [0.1, 0.15) is 24.0 Å². The number of hydrogen-bond donors (Lipinski definition) is 0. The van der Waals surface area contributed by atoms with Gasteiger partial charge in [0.1, 0.15) is 0 Å². The first-order valence-electron chi connectivity index (χ1n) is 7.89. The summed E-state index contributed by atoms with van der Waals surface area (Å²) in [6, 6.07) is 8.06. The van der Waals surface area contributed by atoms with Gasteiger partial charge in [-0.15, -0.1) is 0 Å². The van der Waals surface area contributed by atoms with Crippen LogP contribution in [0.3, 0.4) is 0 Å². The summed E-state index contributed by atoms with van der Waals surface area (Å²) in [5, 5.41) is 0. The number of benzene rings is 2. The summed E-state index contributed by atoms with van der Waals surface area (Å²) in [5.74, 6) is 0.806. The topological polar surface area (TPSA) is 29.3 Å². The SMILES string of the molecule is [Ni]=[c]1ccc2nc3cc4c5c(c3oc-2c1)CCCN5CCC4. The molecule has 22 heavy (non-hydrogen) atoms. The Morgan fingerprint density at radius 3 is 2.86 bits per heavy atom. The van der Waals surface area contributed by atoms with E-state index >= 15 is 0 Å². The average molecular weight is 335 g/mol. The van der Waals surface area contributed by atoms with Gasteiger partial charge in [-0.2, -0.15) is 0 Å². The number of fused-ring (bicyclic) bond motifs is 3. The maximum absolute atomic E-state index is 6.25. The molecule has 0 N–H and O–H groups in total. The van der Waals surface area contributed by atoms with Crippen molar-refractivity contribution in [3.05, 3.63) is 39.5 Å². The van der Waals surface area contributed by atoms with E-state index in [-0.39, 0.29) is 0 Å². The quantitative estimate of drug-likeness (QED) is 0.463. The molecule has 1 aromatic carbocycles. The van der Waals surface area contributed by atoms with Crippen LogP contribution in [0.4, 0.5) is 5.69 Å². The summed E-state index contributed by atoms with van der Waals surface area (Å²) in [4.78, 5) is 7.36. The molecule has 0 atom stereocenters. The Morgan fingerprint density at radius 1 is 1.09 bits per heavy atom. The van der Waals surface area contributed by atoms with Crippen molar-refractivity contribution in [3.63, 3.8) is 0 Å². The number of anilines is 1. The van der Waals surface area contributed by atoms with Gasteiger partial charge in [-0.05, 0) is 0 Å². The summed E-state index contributed by atoms with van der Waals surface area (Å²) >= 11 is 4.94. The zero-order chi connectivity index (χ0) is 14.7. The van der Waals surface area contributed by atoms with Crippen LogP contribution in [0.25, 0.3) is 22.6 Å². The number of aromatic nitrogens is 1. The number of hydrogen-bond acceptors (Lipinski definition) is 3. The molecule has 3 heterocycles. The van der Waals surface area contributed by atoms with Crippen LogP contribution in [0.15, 0.2) is 28.7 Å². The van der Waals surface area contributed by atoms with Gasteiger partial charge in [0.2, 0.25) is 0 Å². The summed E-state index contributed by atoms with van der Waals surface area (Å²) in [5.41, 5.74) is 7.06. The third kappa shape index (κ3) is 1.80. The van der Waals surface area contributed by atoms with Crippen LogP contribution in [-0.2, 0) is 27.9 Å². The van der Waals surface area contributed by atoms with Gasteiger partial charge in [-0.3, -0.25) is 0 Å². The van der Waals surface area contributed by atoms with Gasteiger partial charge in [0.25, 0.3) is 0 Å². The molecule has 0 spiro atoms. The maximum atomic E-state index is 6.25.